The Balaban J connectivity index is 1.52. The number of aromatic carboxylic acids is 1. The lowest BCUT2D eigenvalue weighted by Gasteiger charge is -2.05. The average Bonchev–Trinajstić information content (AvgIpc) is 3.33. The molecule has 2 aromatic carbocycles. The van der Waals surface area contributed by atoms with E-state index < -0.39 is 5.97 Å². The highest BCUT2D eigenvalue weighted by Gasteiger charge is 2.14. The number of ether oxygens (including phenoxy) is 1. The number of rotatable bonds is 4. The van der Waals surface area contributed by atoms with Crippen molar-refractivity contribution in [1.82, 2.24) is 19.9 Å². The van der Waals surface area contributed by atoms with Gasteiger partial charge in [0, 0.05) is 17.3 Å². The molecular weight excluding hydrogens is 404 g/mol. The fraction of sp³-hybridized carbons (Fsp3) is 0.0455. The number of benzene rings is 2. The lowest BCUT2D eigenvalue weighted by molar-refractivity contribution is 0.0695. The summed E-state index contributed by atoms with van der Waals surface area (Å²) in [6.45, 7) is 1.73. The summed E-state index contributed by atoms with van der Waals surface area (Å²) in [5.74, 6) is -0.653. The van der Waals surface area contributed by atoms with Crippen LogP contribution in [0.2, 0.25) is 5.02 Å². The van der Waals surface area contributed by atoms with Crippen molar-refractivity contribution >= 4 is 39.6 Å². The molecule has 0 saturated carbocycles. The maximum atomic E-state index is 11.3. The minimum atomic E-state index is -1.01. The highest BCUT2D eigenvalue weighted by Crippen LogP contribution is 2.32. The number of aryl methyl sites for hydroxylation is 1. The molecule has 0 spiro atoms. The predicted octanol–water partition coefficient (Wildman–Crippen LogP) is 5.56. The highest BCUT2D eigenvalue weighted by atomic mass is 35.5. The molecule has 0 fully saturated rings. The first kappa shape index (κ1) is 18.2. The molecule has 5 rings (SSSR count). The number of fused-ring (bicyclic) bond motifs is 2. The standard InChI is InChI=1S/C22H15ClN4O3/c1-11-2-5-14(9-15(11)21(28)29)30-22-25-18-10-16(23)19(26-20(18)27-22)13-4-3-12-6-7-24-17(12)8-13/h2-10,24H,1H3,(H,28,29)(H,25,26,27). The normalized spacial score (nSPS) is 11.3. The number of aromatic amines is 2. The molecule has 8 heteroatoms. The van der Waals surface area contributed by atoms with E-state index in [9.17, 15) is 9.90 Å². The number of nitrogens with zero attached hydrogens (tertiary/aromatic N) is 2. The van der Waals surface area contributed by atoms with Gasteiger partial charge < -0.3 is 19.8 Å². The fourth-order valence-electron chi connectivity index (χ4n) is 3.35. The number of carboxylic acids is 1. The number of imidazole rings is 1. The molecule has 0 aliphatic rings. The maximum Gasteiger partial charge on any atom is 0.336 e. The first-order valence-electron chi connectivity index (χ1n) is 9.13. The van der Waals surface area contributed by atoms with Gasteiger partial charge in [-0.3, -0.25) is 0 Å². The minimum absolute atomic E-state index is 0.173. The predicted molar refractivity (Wildman–Crippen MR) is 114 cm³/mol. The second-order valence-electron chi connectivity index (χ2n) is 6.90. The summed E-state index contributed by atoms with van der Waals surface area (Å²) in [6.07, 6.45) is 1.88. The summed E-state index contributed by atoms with van der Waals surface area (Å²) < 4.78 is 5.72. The number of nitrogens with one attached hydrogen (secondary N) is 2. The van der Waals surface area contributed by atoms with Gasteiger partial charge in [0.05, 0.1) is 21.8 Å². The lowest BCUT2D eigenvalue weighted by Crippen LogP contribution is -2.00. The van der Waals surface area contributed by atoms with Crippen molar-refractivity contribution in [3.05, 3.63) is 70.9 Å². The molecule has 3 N–H and O–H groups in total. The van der Waals surface area contributed by atoms with Gasteiger partial charge in [-0.15, -0.1) is 0 Å². The summed E-state index contributed by atoms with van der Waals surface area (Å²) >= 11 is 6.48. The molecule has 0 saturated heterocycles. The zero-order chi connectivity index (χ0) is 20.8. The van der Waals surface area contributed by atoms with Crippen LogP contribution < -0.4 is 4.74 Å². The topological polar surface area (TPSA) is 104 Å². The Morgan fingerprint density at radius 2 is 1.93 bits per heavy atom. The molecule has 0 atom stereocenters. The SMILES string of the molecule is Cc1ccc(Oc2nc3nc(-c4ccc5cc[nH]c5c4)c(Cl)cc3[nH]2)cc1C(=O)O. The molecule has 0 aliphatic heterocycles. The molecule has 0 amide bonds. The molecule has 3 aromatic heterocycles. The molecule has 0 unspecified atom stereocenters. The summed E-state index contributed by atoms with van der Waals surface area (Å²) in [4.78, 5) is 26.5. The van der Waals surface area contributed by atoms with E-state index >= 15 is 0 Å². The Labute approximate surface area is 175 Å². The van der Waals surface area contributed by atoms with E-state index in [4.69, 9.17) is 16.3 Å². The number of hydrogen-bond acceptors (Lipinski definition) is 4. The number of hydrogen-bond donors (Lipinski definition) is 3. The second-order valence-corrected chi connectivity index (χ2v) is 7.30. The quantitative estimate of drug-likeness (QED) is 0.354. The summed E-state index contributed by atoms with van der Waals surface area (Å²) in [5.41, 5.74) is 4.36. The van der Waals surface area contributed by atoms with Crippen LogP contribution in [0, 0.1) is 6.92 Å². The second kappa shape index (κ2) is 6.89. The van der Waals surface area contributed by atoms with Crippen LogP contribution in [0.1, 0.15) is 15.9 Å². The number of H-pyrrole nitrogens is 2. The number of aromatic nitrogens is 4. The van der Waals surface area contributed by atoms with E-state index in [1.165, 1.54) is 6.07 Å². The van der Waals surface area contributed by atoms with Crippen molar-refractivity contribution < 1.29 is 14.6 Å². The van der Waals surface area contributed by atoms with Crippen molar-refractivity contribution in [2.24, 2.45) is 0 Å². The van der Waals surface area contributed by atoms with Crippen molar-refractivity contribution in [2.75, 3.05) is 0 Å². The van der Waals surface area contributed by atoms with Crippen LogP contribution in [0.4, 0.5) is 0 Å². The first-order chi connectivity index (χ1) is 14.5. The number of carbonyl (C=O) groups is 1. The lowest BCUT2D eigenvalue weighted by atomic mass is 10.1. The third-order valence-corrected chi connectivity index (χ3v) is 5.18. The minimum Gasteiger partial charge on any atom is -0.478 e. The Kier molecular flexibility index (Phi) is 4.18. The van der Waals surface area contributed by atoms with Gasteiger partial charge in [-0.25, -0.2) is 9.78 Å². The Hall–Kier alpha value is -3.84. The van der Waals surface area contributed by atoms with Gasteiger partial charge >= 0.3 is 12.0 Å². The van der Waals surface area contributed by atoms with E-state index in [2.05, 4.69) is 19.9 Å². The van der Waals surface area contributed by atoms with Gasteiger partial charge in [0.15, 0.2) is 5.65 Å². The zero-order valence-corrected chi connectivity index (χ0v) is 16.5. The van der Waals surface area contributed by atoms with Crippen LogP contribution >= 0.6 is 11.6 Å². The van der Waals surface area contributed by atoms with Crippen LogP contribution in [0.15, 0.2) is 54.7 Å². The van der Waals surface area contributed by atoms with E-state index in [0.29, 0.717) is 33.2 Å². The molecule has 0 aliphatic carbocycles. The number of pyridine rings is 1. The number of halogens is 1. The third-order valence-electron chi connectivity index (χ3n) is 4.89. The molecular formula is C22H15ClN4O3. The maximum absolute atomic E-state index is 11.3. The largest absolute Gasteiger partial charge is 0.478 e. The van der Waals surface area contributed by atoms with Crippen molar-refractivity contribution in [3.8, 4) is 23.0 Å². The van der Waals surface area contributed by atoms with E-state index in [1.54, 1.807) is 25.1 Å². The molecule has 5 aromatic rings. The van der Waals surface area contributed by atoms with Crippen molar-refractivity contribution in [2.45, 2.75) is 6.92 Å². The van der Waals surface area contributed by atoms with Gasteiger partial charge in [-0.05, 0) is 48.2 Å². The van der Waals surface area contributed by atoms with Crippen LogP contribution in [0.3, 0.4) is 0 Å². The zero-order valence-electron chi connectivity index (χ0n) is 15.7. The molecule has 148 valence electrons. The van der Waals surface area contributed by atoms with Crippen LogP contribution in [-0.2, 0) is 0 Å². The molecule has 3 heterocycles. The third kappa shape index (κ3) is 3.15. The monoisotopic (exact) mass is 418 g/mol. The van der Waals surface area contributed by atoms with E-state index in [-0.39, 0.29) is 11.6 Å². The molecule has 7 nitrogen and oxygen atoms in total. The Bertz CT molecular complexity index is 1440. The van der Waals surface area contributed by atoms with Gasteiger partial charge in [-0.1, -0.05) is 29.8 Å². The van der Waals surface area contributed by atoms with Crippen LogP contribution in [0.25, 0.3) is 33.3 Å². The summed E-state index contributed by atoms with van der Waals surface area (Å²) in [5, 5.41) is 10.9. The highest BCUT2D eigenvalue weighted by molar-refractivity contribution is 6.33. The summed E-state index contributed by atoms with van der Waals surface area (Å²) in [7, 11) is 0. The smallest absolute Gasteiger partial charge is 0.336 e. The first-order valence-corrected chi connectivity index (χ1v) is 9.51. The van der Waals surface area contributed by atoms with Crippen molar-refractivity contribution in [1.29, 1.82) is 0 Å². The van der Waals surface area contributed by atoms with Crippen LogP contribution in [-0.4, -0.2) is 31.0 Å². The summed E-state index contributed by atoms with van der Waals surface area (Å²) in [6, 6.07) is 14.7. The van der Waals surface area contributed by atoms with Gasteiger partial charge in [0.1, 0.15) is 5.75 Å². The average molecular weight is 419 g/mol. The molecule has 0 bridgehead atoms. The van der Waals surface area contributed by atoms with Crippen molar-refractivity contribution in [3.63, 3.8) is 0 Å². The van der Waals surface area contributed by atoms with E-state index in [0.717, 1.165) is 16.5 Å². The Morgan fingerprint density at radius 1 is 1.07 bits per heavy atom. The molecule has 0 radical (unpaired) electrons. The van der Waals surface area contributed by atoms with Gasteiger partial charge in [0.25, 0.3) is 0 Å². The number of carboxylic acid groups (broad SMARTS) is 1. The Morgan fingerprint density at radius 3 is 2.77 bits per heavy atom. The van der Waals surface area contributed by atoms with E-state index in [1.807, 2.05) is 30.5 Å². The van der Waals surface area contributed by atoms with Crippen LogP contribution in [0.5, 0.6) is 11.8 Å². The van der Waals surface area contributed by atoms with Gasteiger partial charge in [0.2, 0.25) is 0 Å². The fourth-order valence-corrected chi connectivity index (χ4v) is 3.61. The van der Waals surface area contributed by atoms with Gasteiger partial charge in [-0.2, -0.15) is 4.98 Å². The molecule has 30 heavy (non-hydrogen) atoms.